The highest BCUT2D eigenvalue weighted by atomic mass is 19.2. The molecular formula is C20H30F4O3. The van der Waals surface area contributed by atoms with Gasteiger partial charge in [-0.25, -0.2) is 17.6 Å². The summed E-state index contributed by atoms with van der Waals surface area (Å²) in [6, 6.07) is 0.634. The predicted molar refractivity (Wildman–Crippen MR) is 95.3 cm³/mol. The smallest absolute Gasteiger partial charge is 0.282 e. The molecule has 0 heterocycles. The molecule has 0 aromatic heterocycles. The zero-order valence-corrected chi connectivity index (χ0v) is 16.4. The van der Waals surface area contributed by atoms with Gasteiger partial charge in [0.1, 0.15) is 0 Å². The maximum Gasteiger partial charge on any atom is 0.282 e. The molecule has 0 radical (unpaired) electrons. The zero-order valence-electron chi connectivity index (χ0n) is 16.4. The van der Waals surface area contributed by atoms with Gasteiger partial charge in [0.2, 0.25) is 0 Å². The van der Waals surface area contributed by atoms with Crippen LogP contribution in [0.15, 0.2) is 6.07 Å². The monoisotopic (exact) mass is 394 g/mol. The molecule has 0 amide bonds. The van der Waals surface area contributed by atoms with Crippen molar-refractivity contribution in [2.45, 2.75) is 70.7 Å². The molecular weight excluding hydrogens is 364 g/mol. The molecule has 1 aromatic carbocycles. The predicted octanol–water partition coefficient (Wildman–Crippen LogP) is 5.89. The molecule has 0 spiro atoms. The van der Waals surface area contributed by atoms with Crippen LogP contribution in [0.3, 0.4) is 0 Å². The summed E-state index contributed by atoms with van der Waals surface area (Å²) in [6.45, 7) is 2.07. The largest absolute Gasteiger partial charge is 0.331 e. The van der Waals surface area contributed by atoms with E-state index in [9.17, 15) is 17.6 Å². The maximum absolute atomic E-state index is 13.7. The van der Waals surface area contributed by atoms with Crippen LogP contribution >= 0.6 is 0 Å². The van der Waals surface area contributed by atoms with Gasteiger partial charge >= 0.3 is 0 Å². The minimum Gasteiger partial charge on any atom is -0.331 e. The van der Waals surface area contributed by atoms with Gasteiger partial charge in [-0.3, -0.25) is 0 Å². The van der Waals surface area contributed by atoms with Crippen molar-refractivity contribution in [1.29, 1.82) is 0 Å². The molecule has 27 heavy (non-hydrogen) atoms. The molecule has 0 bridgehead atoms. The lowest BCUT2D eigenvalue weighted by Gasteiger charge is -2.30. The van der Waals surface area contributed by atoms with Crippen LogP contribution in [0.2, 0.25) is 0 Å². The molecule has 0 aliphatic rings. The number of unbranched alkanes of at least 4 members (excludes halogenated alkanes) is 6. The van der Waals surface area contributed by atoms with Crippen molar-refractivity contribution in [1.82, 2.24) is 0 Å². The van der Waals surface area contributed by atoms with E-state index in [0.29, 0.717) is 12.5 Å². The molecule has 7 heteroatoms. The Hall–Kier alpha value is -1.18. The number of halogens is 4. The maximum atomic E-state index is 13.7. The summed E-state index contributed by atoms with van der Waals surface area (Å²) in [4.78, 5) is 0. The van der Waals surface area contributed by atoms with Gasteiger partial charge in [-0.05, 0) is 24.5 Å². The van der Waals surface area contributed by atoms with E-state index in [1.807, 2.05) is 0 Å². The van der Waals surface area contributed by atoms with Gasteiger partial charge in [-0.15, -0.1) is 0 Å². The number of hydrogen-bond donors (Lipinski definition) is 0. The Kier molecular flexibility index (Phi) is 10.9. The molecule has 0 aliphatic heterocycles. The summed E-state index contributed by atoms with van der Waals surface area (Å²) in [5, 5.41) is 0. The summed E-state index contributed by atoms with van der Waals surface area (Å²) in [7, 11) is 2.87. The van der Waals surface area contributed by atoms with E-state index in [2.05, 4.69) is 6.92 Å². The molecule has 0 N–H and O–H groups in total. The Labute approximate surface area is 159 Å². The van der Waals surface area contributed by atoms with E-state index < -0.39 is 29.2 Å². The average molecular weight is 394 g/mol. The van der Waals surface area contributed by atoms with E-state index >= 15 is 0 Å². The van der Waals surface area contributed by atoms with E-state index in [-0.39, 0.29) is 18.6 Å². The van der Waals surface area contributed by atoms with Crippen LogP contribution in [0, 0.1) is 23.3 Å². The first kappa shape index (κ1) is 23.9. The van der Waals surface area contributed by atoms with Gasteiger partial charge in [-0.1, -0.05) is 45.4 Å². The summed E-state index contributed by atoms with van der Waals surface area (Å²) in [5.41, 5.74) is -0.302. The Morgan fingerprint density at radius 3 is 2.00 bits per heavy atom. The average Bonchev–Trinajstić information content (AvgIpc) is 2.68. The van der Waals surface area contributed by atoms with Crippen molar-refractivity contribution in [2.75, 3.05) is 20.8 Å². The van der Waals surface area contributed by atoms with Gasteiger partial charge in [0, 0.05) is 20.6 Å². The molecule has 3 nitrogen and oxygen atoms in total. The molecule has 0 atom stereocenters. The third kappa shape index (κ3) is 7.39. The summed E-state index contributed by atoms with van der Waals surface area (Å²) in [6.07, 6.45) is 8.12. The second-order valence-corrected chi connectivity index (χ2v) is 6.52. The quantitative estimate of drug-likeness (QED) is 0.129. The molecule has 1 rings (SSSR count). The van der Waals surface area contributed by atoms with Gasteiger partial charge in [0.15, 0.2) is 23.3 Å². The molecule has 0 saturated heterocycles. The Morgan fingerprint density at radius 1 is 0.815 bits per heavy atom. The number of ether oxygens (including phenoxy) is 3. The number of rotatable bonds is 14. The summed E-state index contributed by atoms with van der Waals surface area (Å²) < 4.78 is 69.5. The first-order chi connectivity index (χ1) is 12.9. The minimum absolute atomic E-state index is 0.0976. The highest BCUT2D eigenvalue weighted by molar-refractivity contribution is 5.22. The van der Waals surface area contributed by atoms with Crippen LogP contribution in [0.4, 0.5) is 17.6 Å². The van der Waals surface area contributed by atoms with E-state index in [1.54, 1.807) is 0 Å². The molecule has 1 aromatic rings. The first-order valence-electron chi connectivity index (χ1n) is 9.47. The highest BCUT2D eigenvalue weighted by Gasteiger charge is 2.30. The summed E-state index contributed by atoms with van der Waals surface area (Å²) in [5.74, 6) is -7.78. The van der Waals surface area contributed by atoms with Crippen molar-refractivity contribution in [2.24, 2.45) is 0 Å². The standard InChI is InChI=1S/C20H30F4O3/c1-4-5-6-7-8-9-10-12-20(25-2,26-3)27-13-11-15-14-16(21)18(23)19(24)17(15)22/h14H,4-13H2,1-3H3. The van der Waals surface area contributed by atoms with Crippen LogP contribution in [0.25, 0.3) is 0 Å². The number of methoxy groups -OCH3 is 2. The fourth-order valence-electron chi connectivity index (χ4n) is 2.90. The van der Waals surface area contributed by atoms with Gasteiger partial charge < -0.3 is 14.2 Å². The van der Waals surface area contributed by atoms with Crippen molar-refractivity contribution in [3.63, 3.8) is 0 Å². The van der Waals surface area contributed by atoms with Gasteiger partial charge in [0.25, 0.3) is 5.97 Å². The third-order valence-corrected chi connectivity index (χ3v) is 4.58. The van der Waals surface area contributed by atoms with Crippen molar-refractivity contribution < 1.29 is 31.8 Å². The number of hydrogen-bond acceptors (Lipinski definition) is 3. The van der Waals surface area contributed by atoms with Crippen LogP contribution in [0.1, 0.15) is 63.9 Å². The lowest BCUT2D eigenvalue weighted by atomic mass is 10.1. The minimum atomic E-state index is -1.82. The van der Waals surface area contributed by atoms with E-state index in [0.717, 1.165) is 19.3 Å². The van der Waals surface area contributed by atoms with Crippen molar-refractivity contribution >= 4 is 0 Å². The Bertz CT molecular complexity index is 563. The second kappa shape index (κ2) is 12.3. The Morgan fingerprint density at radius 2 is 1.41 bits per heavy atom. The molecule has 156 valence electrons. The highest BCUT2D eigenvalue weighted by Crippen LogP contribution is 2.24. The number of benzene rings is 1. The second-order valence-electron chi connectivity index (χ2n) is 6.52. The van der Waals surface area contributed by atoms with Crippen LogP contribution < -0.4 is 0 Å². The fourth-order valence-corrected chi connectivity index (χ4v) is 2.90. The third-order valence-electron chi connectivity index (χ3n) is 4.58. The lowest BCUT2D eigenvalue weighted by molar-refractivity contribution is -0.365. The van der Waals surface area contributed by atoms with Crippen LogP contribution in [-0.4, -0.2) is 26.8 Å². The van der Waals surface area contributed by atoms with Gasteiger partial charge in [-0.2, -0.15) is 0 Å². The van der Waals surface area contributed by atoms with Crippen LogP contribution in [-0.2, 0) is 20.6 Å². The Balaban J connectivity index is 2.50. The SMILES string of the molecule is CCCCCCCCCC(OC)(OC)OCCc1cc(F)c(F)c(F)c1F. The fraction of sp³-hybridized carbons (Fsp3) is 0.700. The molecule has 0 unspecified atom stereocenters. The van der Waals surface area contributed by atoms with E-state index in [4.69, 9.17) is 14.2 Å². The molecule has 0 saturated carbocycles. The van der Waals surface area contributed by atoms with Gasteiger partial charge in [0.05, 0.1) is 6.61 Å². The lowest BCUT2D eigenvalue weighted by Crippen LogP contribution is -2.37. The van der Waals surface area contributed by atoms with Crippen molar-refractivity contribution in [3.8, 4) is 0 Å². The van der Waals surface area contributed by atoms with Crippen molar-refractivity contribution in [3.05, 3.63) is 34.9 Å². The van der Waals surface area contributed by atoms with Crippen LogP contribution in [0.5, 0.6) is 0 Å². The first-order valence-corrected chi connectivity index (χ1v) is 9.47. The topological polar surface area (TPSA) is 27.7 Å². The molecule has 0 fully saturated rings. The normalized spacial score (nSPS) is 12.0. The molecule has 0 aliphatic carbocycles. The summed E-state index contributed by atoms with van der Waals surface area (Å²) >= 11 is 0. The van der Waals surface area contributed by atoms with E-state index in [1.165, 1.54) is 39.9 Å². The zero-order chi connectivity index (χ0) is 20.3.